The van der Waals surface area contributed by atoms with Gasteiger partial charge >= 0.3 is 6.09 Å². The molecule has 0 spiro atoms. The summed E-state index contributed by atoms with van der Waals surface area (Å²) in [5, 5.41) is 0. The highest BCUT2D eigenvalue weighted by Gasteiger charge is 2.28. The van der Waals surface area contributed by atoms with Crippen molar-refractivity contribution in [2.45, 2.75) is 38.8 Å². The average molecular weight is 2430 g/mol. The number of ether oxygens (including phenoxy) is 2. The fourth-order valence-corrected chi connectivity index (χ4v) is 151. The average Bonchev–Trinajstić information content (AvgIpc) is 2.67. The molecular weight excluding hydrogens is 2390 g/mol. The van der Waals surface area contributed by atoms with E-state index in [2.05, 4.69) is 51.5 Å². The first-order valence-electron chi connectivity index (χ1n) is 22.7. The van der Waals surface area contributed by atoms with Crippen molar-refractivity contribution in [3.8, 4) is 12.3 Å². The van der Waals surface area contributed by atoms with Gasteiger partial charge in [0.05, 0.1) is 11.1 Å². The van der Waals surface area contributed by atoms with Crippen LogP contribution < -0.4 is 9.80 Å². The third kappa shape index (κ3) is 61.1. The molecule has 10 nitrogen and oxygen atoms in total. The van der Waals surface area contributed by atoms with Crippen molar-refractivity contribution < 1.29 is 14.3 Å². The molecule has 3 fully saturated rings. The molecule has 3 saturated heterocycles. The van der Waals surface area contributed by atoms with Gasteiger partial charge in [0.1, 0.15) is 11.4 Å². The zero-order valence-electron chi connectivity index (χ0n) is 46.3. The molecular formula is C28H38BrN7O3S57. The summed E-state index contributed by atoms with van der Waals surface area (Å²) in [6, 6.07) is 4.60. The van der Waals surface area contributed by atoms with E-state index < -0.39 is 5.60 Å². The lowest BCUT2D eigenvalue weighted by molar-refractivity contribution is 0.0240. The number of aromatic nitrogens is 3. The second-order valence-electron chi connectivity index (χ2n) is 14.5. The van der Waals surface area contributed by atoms with Gasteiger partial charge in [0, 0.05) is 600 Å². The number of amides is 1. The molecule has 0 aromatic carbocycles. The van der Waals surface area contributed by atoms with Gasteiger partial charge in [0.2, 0.25) is 5.95 Å². The maximum atomic E-state index is 11.9. The molecule has 0 radical (unpaired) electrons. The zero-order valence-corrected chi connectivity index (χ0v) is 94.4. The first kappa shape index (κ1) is 99.8. The van der Waals surface area contributed by atoms with Gasteiger partial charge in [0.15, 0.2) is 0 Å². The van der Waals surface area contributed by atoms with E-state index in [1.165, 1.54) is 24.2 Å². The number of pyridine rings is 1. The Kier molecular flexibility index (Phi) is 77.6. The van der Waals surface area contributed by atoms with E-state index >= 15 is 0 Å². The number of carbonyl (C=O) groups is 1. The number of rotatable bonds is 3. The van der Waals surface area contributed by atoms with Gasteiger partial charge in [-0.15, -0.1) is 6.42 Å². The summed E-state index contributed by atoms with van der Waals surface area (Å²) >= 11 is 12.9. The topological polar surface area (TPSA) is 87.2 Å². The fourth-order valence-electron chi connectivity index (χ4n) is 5.27. The fraction of sp³-hybridized carbons (Fsp3) is 0.571. The Labute approximate surface area is 733 Å². The summed E-state index contributed by atoms with van der Waals surface area (Å²) < 4.78 is 11.7. The van der Waals surface area contributed by atoms with Gasteiger partial charge in [-0.25, -0.2) is 19.7 Å². The van der Waals surface area contributed by atoms with Crippen LogP contribution in [0.25, 0.3) is 0 Å². The molecule has 68 heteroatoms. The molecule has 1 unspecified atom stereocenters. The van der Waals surface area contributed by atoms with Crippen molar-refractivity contribution in [2.75, 3.05) is 75.4 Å². The van der Waals surface area contributed by atoms with Crippen LogP contribution in [0.5, 0.6) is 0 Å². The monoisotopic (exact) mass is 2420 g/mol. The molecule has 5 heterocycles. The largest absolute Gasteiger partial charge is 0.444 e. The lowest BCUT2D eigenvalue weighted by Gasteiger charge is -2.38. The number of anilines is 2. The first-order valence-corrected chi connectivity index (χ1v) is 98.2. The Morgan fingerprint density at radius 1 is 0.458 bits per heavy atom. The molecule has 2 aromatic heterocycles. The number of piperazine rings is 2. The number of carbonyl (C=O) groups excluding carboxylic acids is 1. The van der Waals surface area contributed by atoms with Crippen molar-refractivity contribution in [3.63, 3.8) is 0 Å². The minimum atomic E-state index is -0.455. The molecule has 1 atom stereocenters. The Morgan fingerprint density at radius 3 is 1.01 bits per heavy atom. The van der Waals surface area contributed by atoms with Crippen LogP contribution in [0.1, 0.15) is 32.8 Å². The SMILES string of the molecule is C#Cc1ccc(N2CCN(C3CCOC3)CC2)nc1.CC(C)(C)OC(=O)N1CCN(c2ncc(Br)cn2)CC1.S=S=S=S=S=S=S=S=S=S=S=S=S=S=S=S=S=S=S=S=S=S=S=S=S=S=S=S=S=S=S=S=S=S=S=S=S=S=S=S=S=S=S=S=S=S=S=S=S=S=S=S=S=S=S=S=S. The zero-order chi connectivity index (χ0) is 68.7. The van der Waals surface area contributed by atoms with Crippen LogP contribution in [0.15, 0.2) is 35.2 Å². The Morgan fingerprint density at radius 2 is 0.760 bits per heavy atom. The summed E-state index contributed by atoms with van der Waals surface area (Å²) in [5.41, 5.74) is 0.383. The summed E-state index contributed by atoms with van der Waals surface area (Å²) in [6.07, 6.45) is 11.5. The maximum absolute atomic E-state index is 11.9. The van der Waals surface area contributed by atoms with E-state index in [0.717, 1.165) is 55.2 Å². The highest BCUT2D eigenvalue weighted by Crippen LogP contribution is 2.19. The maximum Gasteiger partial charge on any atom is 0.410 e. The predicted molar refractivity (Wildman–Crippen MR) is 575 cm³/mol. The molecule has 3 aliphatic rings. The molecule has 3 aliphatic heterocycles. The molecule has 0 N–H and O–H groups in total. The molecule has 0 saturated carbocycles. The van der Waals surface area contributed by atoms with Crippen LogP contribution in [0.2, 0.25) is 0 Å². The van der Waals surface area contributed by atoms with Gasteiger partial charge in [-0.05, 0) is 55.3 Å². The van der Waals surface area contributed by atoms with Gasteiger partial charge < -0.3 is 24.2 Å². The lowest BCUT2D eigenvalue weighted by Crippen LogP contribution is -2.50. The number of nitrogens with zero attached hydrogens (tertiary/aromatic N) is 7. The molecule has 96 heavy (non-hydrogen) atoms. The van der Waals surface area contributed by atoms with Gasteiger partial charge in [-0.1, -0.05) is 5.92 Å². The van der Waals surface area contributed by atoms with E-state index in [9.17, 15) is 4.79 Å². The van der Waals surface area contributed by atoms with Crippen LogP contribution >= 0.6 is 15.9 Å². The summed E-state index contributed by atoms with van der Waals surface area (Å²) in [4.78, 5) is 33.6. The Balaban J connectivity index is 0.000000486. The molecule has 1 amide bonds. The molecule has 5 rings (SSSR count). The summed E-state index contributed by atoms with van der Waals surface area (Å²) in [5.74, 6) is 4.32. The number of hydrogen-bond acceptors (Lipinski definition) is 11. The molecule has 552 valence electrons. The standard InChI is InChI=1S/C15H19N3O.C13H19BrN4O2.S57/c1-2-13-3-4-15(16-11-13)18-8-6-17(7-9-18)14-5-10-19-12-14;1-13(2,3)20-12(19)18-6-4-17(5-7-18)11-15-8-10(14)9-16-11;1-3-5-7-9-11-13-15-17-19-21-23-25-27-29-31-33-35-37-39-41-43-45-47-49-51-53-55-57-56-54-52-50-48-46-44-42-40-38-36-34-32-30-28-26-24-22-20-18-16-14-12-10-8-6-4-2/h1,3-4,11,14H,5-10,12H2;8-9H,4-7H2,1-3H3;. The lowest BCUT2D eigenvalue weighted by atomic mass is 10.2. The van der Waals surface area contributed by atoms with Gasteiger partial charge in [-0.3, -0.25) is 4.90 Å². The van der Waals surface area contributed by atoms with E-state index in [1.807, 2.05) is 397 Å². The third-order valence-corrected chi connectivity index (χ3v) is 129. The van der Waals surface area contributed by atoms with Crippen LogP contribution in [-0.4, -0.2) is 108 Å². The predicted octanol–water partition coefficient (Wildman–Crippen LogP) is 3.13. The Hall–Kier alpha value is 9.60. The van der Waals surface area contributed by atoms with Crippen molar-refractivity contribution in [1.82, 2.24) is 24.8 Å². The number of hydrogen-bond donors (Lipinski definition) is 0. The van der Waals surface area contributed by atoms with E-state index in [4.69, 9.17) is 38.3 Å². The number of halogens is 1. The van der Waals surface area contributed by atoms with Gasteiger partial charge in [0.25, 0.3) is 0 Å². The van der Waals surface area contributed by atoms with Crippen molar-refractivity contribution in [1.29, 1.82) is 0 Å². The highest BCUT2D eigenvalue weighted by molar-refractivity contribution is 9.10. The summed E-state index contributed by atoms with van der Waals surface area (Å²) in [6.45, 7) is 14.3. The van der Waals surface area contributed by atoms with Crippen molar-refractivity contribution >= 4 is 545 Å². The third-order valence-electron chi connectivity index (χ3n) is 8.30. The normalized spacial score (nSPS) is 12.8. The molecule has 2 aromatic rings. The second-order valence-corrected chi connectivity index (χ2v) is 113. The minimum Gasteiger partial charge on any atom is -0.444 e. The van der Waals surface area contributed by atoms with E-state index in [-0.39, 0.29) is 6.09 Å². The van der Waals surface area contributed by atoms with Crippen LogP contribution in [-0.2, 0) is 520 Å². The van der Waals surface area contributed by atoms with E-state index in [0.29, 0.717) is 38.2 Å². The highest BCUT2D eigenvalue weighted by atomic mass is 79.9. The Bertz CT molecular complexity index is 5540. The summed E-state index contributed by atoms with van der Waals surface area (Å²) in [7, 11) is 98.5. The second kappa shape index (κ2) is 74.7. The minimum absolute atomic E-state index is 0.256. The van der Waals surface area contributed by atoms with Crippen molar-refractivity contribution in [3.05, 3.63) is 40.8 Å². The number of terminal acetylenes is 1. The first-order chi connectivity index (χ1) is 47.1. The van der Waals surface area contributed by atoms with Gasteiger partial charge in [-0.2, -0.15) is 0 Å². The van der Waals surface area contributed by atoms with Crippen LogP contribution in [0.4, 0.5) is 16.6 Å². The van der Waals surface area contributed by atoms with Crippen molar-refractivity contribution in [2.24, 2.45) is 0 Å². The van der Waals surface area contributed by atoms with Crippen LogP contribution in [0, 0.1) is 12.3 Å². The quantitative estimate of drug-likeness (QED) is 0.426. The smallest absolute Gasteiger partial charge is 0.410 e. The molecule has 0 aliphatic carbocycles. The molecule has 0 bridgehead atoms. The van der Waals surface area contributed by atoms with Crippen LogP contribution in [0.3, 0.4) is 0 Å². The van der Waals surface area contributed by atoms with E-state index in [1.54, 1.807) is 130 Å².